The predicted octanol–water partition coefficient (Wildman–Crippen LogP) is 2.28. The molecule has 0 aromatic heterocycles. The maximum Gasteiger partial charge on any atom is 0.115 e. The lowest BCUT2D eigenvalue weighted by atomic mass is 9.68. The molecule has 2 nitrogen and oxygen atoms in total. The minimum atomic E-state index is 0.198. The first-order valence-electron chi connectivity index (χ1n) is 5.63. The summed E-state index contributed by atoms with van der Waals surface area (Å²) in [6, 6.07) is 7.70. The van der Waals surface area contributed by atoms with Gasteiger partial charge in [0.05, 0.1) is 0 Å². The van der Waals surface area contributed by atoms with E-state index in [2.05, 4.69) is 25.2 Å². The van der Waals surface area contributed by atoms with Crippen LogP contribution in [0.4, 0.5) is 0 Å². The Kier molecular flexibility index (Phi) is 2.70. The summed E-state index contributed by atoms with van der Waals surface area (Å²) < 4.78 is 0. The number of benzene rings is 1. The molecule has 0 aliphatic carbocycles. The van der Waals surface area contributed by atoms with Gasteiger partial charge in [0, 0.05) is 0 Å². The molecule has 0 amide bonds. The van der Waals surface area contributed by atoms with E-state index in [4.69, 9.17) is 0 Å². The Morgan fingerprint density at radius 2 is 2.27 bits per heavy atom. The summed E-state index contributed by atoms with van der Waals surface area (Å²) in [6.07, 6.45) is 1.14. The van der Waals surface area contributed by atoms with Gasteiger partial charge in [0.1, 0.15) is 5.75 Å². The van der Waals surface area contributed by atoms with Crippen molar-refractivity contribution >= 4 is 0 Å². The van der Waals surface area contributed by atoms with Crippen LogP contribution in [-0.2, 0) is 5.41 Å². The van der Waals surface area contributed by atoms with Crippen molar-refractivity contribution in [3.05, 3.63) is 29.8 Å². The number of aromatic hydroxyl groups is 1. The number of hydrogen-bond acceptors (Lipinski definition) is 2. The first kappa shape index (κ1) is 10.5. The summed E-state index contributed by atoms with van der Waals surface area (Å²) in [6.45, 7) is 6.70. The molecule has 2 atom stereocenters. The van der Waals surface area contributed by atoms with Gasteiger partial charge in [0.25, 0.3) is 0 Å². The molecule has 2 N–H and O–H groups in total. The van der Waals surface area contributed by atoms with Gasteiger partial charge in [-0.2, -0.15) is 0 Å². The molecular formula is C13H19NO. The molecule has 1 saturated heterocycles. The molecular weight excluding hydrogens is 186 g/mol. The molecule has 2 heteroatoms. The van der Waals surface area contributed by atoms with E-state index in [0.717, 1.165) is 19.5 Å². The SMILES string of the molecule is C[C@@H]1CNCC[C@@]1(C)c1cccc(O)c1. The zero-order valence-corrected chi connectivity index (χ0v) is 9.46. The number of piperidine rings is 1. The van der Waals surface area contributed by atoms with Gasteiger partial charge >= 0.3 is 0 Å². The Labute approximate surface area is 91.3 Å². The van der Waals surface area contributed by atoms with Crippen molar-refractivity contribution in [1.29, 1.82) is 0 Å². The van der Waals surface area contributed by atoms with E-state index in [1.165, 1.54) is 5.56 Å². The standard InChI is InChI=1S/C13H19NO/c1-10-9-14-7-6-13(10,2)11-4-3-5-12(15)8-11/h3-5,8,10,14-15H,6-7,9H2,1-2H3/t10-,13-/m1/s1. The molecule has 82 valence electrons. The van der Waals surface area contributed by atoms with Gasteiger partial charge in [-0.25, -0.2) is 0 Å². The summed E-state index contributed by atoms with van der Waals surface area (Å²) in [5, 5.41) is 12.9. The molecule has 0 bridgehead atoms. The minimum Gasteiger partial charge on any atom is -0.508 e. The van der Waals surface area contributed by atoms with Crippen LogP contribution in [0.2, 0.25) is 0 Å². The lowest BCUT2D eigenvalue weighted by molar-refractivity contribution is 0.237. The molecule has 1 heterocycles. The number of rotatable bonds is 1. The normalized spacial score (nSPS) is 31.5. The highest BCUT2D eigenvalue weighted by molar-refractivity contribution is 5.33. The number of hydrogen-bond donors (Lipinski definition) is 2. The Bertz CT molecular complexity index is 350. The van der Waals surface area contributed by atoms with Crippen molar-refractivity contribution in [2.45, 2.75) is 25.7 Å². The van der Waals surface area contributed by atoms with Gasteiger partial charge in [0.15, 0.2) is 0 Å². The summed E-state index contributed by atoms with van der Waals surface area (Å²) >= 11 is 0. The quantitative estimate of drug-likeness (QED) is 0.737. The van der Waals surface area contributed by atoms with E-state index < -0.39 is 0 Å². The smallest absolute Gasteiger partial charge is 0.115 e. The second-order valence-corrected chi connectivity index (χ2v) is 4.82. The zero-order valence-electron chi connectivity index (χ0n) is 9.46. The lowest BCUT2D eigenvalue weighted by Gasteiger charge is -2.40. The van der Waals surface area contributed by atoms with Crippen LogP contribution >= 0.6 is 0 Å². The van der Waals surface area contributed by atoms with E-state index in [1.54, 1.807) is 6.07 Å². The molecule has 1 aliphatic heterocycles. The van der Waals surface area contributed by atoms with Crippen LogP contribution in [0.5, 0.6) is 5.75 Å². The molecule has 1 aromatic carbocycles. The zero-order chi connectivity index (χ0) is 10.9. The van der Waals surface area contributed by atoms with Crippen molar-refractivity contribution in [3.63, 3.8) is 0 Å². The van der Waals surface area contributed by atoms with E-state index in [-0.39, 0.29) is 5.41 Å². The monoisotopic (exact) mass is 205 g/mol. The van der Waals surface area contributed by atoms with Crippen LogP contribution in [-0.4, -0.2) is 18.2 Å². The fourth-order valence-electron chi connectivity index (χ4n) is 2.43. The van der Waals surface area contributed by atoms with Gasteiger partial charge in [-0.15, -0.1) is 0 Å². The molecule has 1 aromatic rings. The number of phenolic OH excluding ortho intramolecular Hbond substituents is 1. The maximum absolute atomic E-state index is 9.53. The third-order valence-electron chi connectivity index (χ3n) is 3.86. The van der Waals surface area contributed by atoms with Gasteiger partial charge < -0.3 is 10.4 Å². The van der Waals surface area contributed by atoms with Gasteiger partial charge in [-0.1, -0.05) is 26.0 Å². The van der Waals surface area contributed by atoms with E-state index in [1.807, 2.05) is 12.1 Å². The summed E-state index contributed by atoms with van der Waals surface area (Å²) in [5.41, 5.74) is 1.46. The third kappa shape index (κ3) is 1.86. The van der Waals surface area contributed by atoms with Crippen LogP contribution < -0.4 is 5.32 Å². The molecule has 0 spiro atoms. The van der Waals surface area contributed by atoms with Gasteiger partial charge in [-0.05, 0) is 48.5 Å². The van der Waals surface area contributed by atoms with Crippen molar-refractivity contribution in [2.24, 2.45) is 5.92 Å². The number of nitrogens with one attached hydrogen (secondary N) is 1. The number of phenols is 1. The van der Waals surface area contributed by atoms with Crippen LogP contribution in [0, 0.1) is 5.92 Å². The third-order valence-corrected chi connectivity index (χ3v) is 3.86. The van der Waals surface area contributed by atoms with Crippen LogP contribution in [0.25, 0.3) is 0 Å². The topological polar surface area (TPSA) is 32.3 Å². The maximum atomic E-state index is 9.53. The first-order chi connectivity index (χ1) is 7.13. The first-order valence-corrected chi connectivity index (χ1v) is 5.63. The van der Waals surface area contributed by atoms with E-state index in [9.17, 15) is 5.11 Å². The Balaban J connectivity index is 2.34. The second-order valence-electron chi connectivity index (χ2n) is 4.82. The largest absolute Gasteiger partial charge is 0.508 e. The van der Waals surface area contributed by atoms with Crippen LogP contribution in [0.3, 0.4) is 0 Å². The van der Waals surface area contributed by atoms with Crippen molar-refractivity contribution < 1.29 is 5.11 Å². The fraction of sp³-hybridized carbons (Fsp3) is 0.538. The highest BCUT2D eigenvalue weighted by Crippen LogP contribution is 2.37. The summed E-state index contributed by atoms with van der Waals surface area (Å²) in [4.78, 5) is 0. The van der Waals surface area contributed by atoms with E-state index in [0.29, 0.717) is 11.7 Å². The highest BCUT2D eigenvalue weighted by Gasteiger charge is 2.35. The molecule has 1 aliphatic rings. The molecule has 0 unspecified atom stereocenters. The van der Waals surface area contributed by atoms with Crippen LogP contribution in [0.1, 0.15) is 25.8 Å². The summed E-state index contributed by atoms with van der Waals surface area (Å²) in [5.74, 6) is 0.979. The molecule has 15 heavy (non-hydrogen) atoms. The summed E-state index contributed by atoms with van der Waals surface area (Å²) in [7, 11) is 0. The average molecular weight is 205 g/mol. The van der Waals surface area contributed by atoms with Gasteiger partial charge in [0.2, 0.25) is 0 Å². The molecule has 0 saturated carbocycles. The highest BCUT2D eigenvalue weighted by atomic mass is 16.3. The Morgan fingerprint density at radius 3 is 2.93 bits per heavy atom. The second kappa shape index (κ2) is 3.86. The minimum absolute atomic E-state index is 0.198. The Hall–Kier alpha value is -1.02. The van der Waals surface area contributed by atoms with E-state index >= 15 is 0 Å². The fourth-order valence-corrected chi connectivity index (χ4v) is 2.43. The average Bonchev–Trinajstić information content (AvgIpc) is 2.23. The van der Waals surface area contributed by atoms with Crippen molar-refractivity contribution in [3.8, 4) is 5.75 Å². The Morgan fingerprint density at radius 1 is 1.47 bits per heavy atom. The van der Waals surface area contributed by atoms with Crippen LogP contribution in [0.15, 0.2) is 24.3 Å². The molecule has 0 radical (unpaired) electrons. The molecule has 2 rings (SSSR count). The molecule has 1 fully saturated rings. The van der Waals surface area contributed by atoms with Gasteiger partial charge in [-0.3, -0.25) is 0 Å². The van der Waals surface area contributed by atoms with Crippen molar-refractivity contribution in [1.82, 2.24) is 5.32 Å². The predicted molar refractivity (Wildman–Crippen MR) is 62.1 cm³/mol. The van der Waals surface area contributed by atoms with Crippen molar-refractivity contribution in [2.75, 3.05) is 13.1 Å². The lowest BCUT2D eigenvalue weighted by Crippen LogP contribution is -2.44.